The zero-order chi connectivity index (χ0) is 16.2. The molecule has 1 fully saturated rings. The fraction of sp³-hybridized carbons (Fsp3) is 0.438. The van der Waals surface area contributed by atoms with Crippen molar-refractivity contribution in [1.29, 1.82) is 0 Å². The van der Waals surface area contributed by atoms with E-state index in [1.54, 1.807) is 25.7 Å². The number of nitrogens with one attached hydrogen (secondary N) is 1. The summed E-state index contributed by atoms with van der Waals surface area (Å²) in [5.74, 6) is 0.649. The number of rotatable bonds is 5. The summed E-state index contributed by atoms with van der Waals surface area (Å²) in [5, 5.41) is 6.73. The highest BCUT2D eigenvalue weighted by molar-refractivity contribution is 5.95. The number of ether oxygens (including phenoxy) is 2. The molecule has 0 bridgehead atoms. The molecule has 1 amide bonds. The summed E-state index contributed by atoms with van der Waals surface area (Å²) in [4.78, 5) is 18.6. The van der Waals surface area contributed by atoms with Crippen molar-refractivity contribution in [1.82, 2.24) is 20.1 Å². The predicted octanol–water partition coefficient (Wildman–Crippen LogP) is 1.42. The zero-order valence-corrected chi connectivity index (χ0v) is 13.2. The number of pyridine rings is 1. The Balaban J connectivity index is 1.71. The van der Waals surface area contributed by atoms with Crippen LogP contribution in [0.4, 0.5) is 0 Å². The maximum atomic E-state index is 12.8. The molecule has 1 aliphatic rings. The van der Waals surface area contributed by atoms with E-state index in [4.69, 9.17) is 9.47 Å². The third-order valence-electron chi connectivity index (χ3n) is 4.11. The first-order chi connectivity index (χ1) is 11.2. The van der Waals surface area contributed by atoms with Crippen LogP contribution in [0.15, 0.2) is 30.7 Å². The minimum Gasteiger partial charge on any atom is -0.490 e. The molecule has 0 aliphatic carbocycles. The first-order valence-electron chi connectivity index (χ1n) is 7.55. The number of aryl methyl sites for hydroxylation is 1. The van der Waals surface area contributed by atoms with Crippen molar-refractivity contribution in [3.8, 4) is 5.75 Å². The summed E-state index contributed by atoms with van der Waals surface area (Å²) in [7, 11) is 1.67. The van der Waals surface area contributed by atoms with Gasteiger partial charge in [0.2, 0.25) is 0 Å². The topological polar surface area (TPSA) is 80.3 Å². The lowest BCUT2D eigenvalue weighted by molar-refractivity contribution is 0.0657. The molecule has 1 aliphatic heterocycles. The fourth-order valence-electron chi connectivity index (χ4n) is 2.80. The van der Waals surface area contributed by atoms with Crippen LogP contribution in [0, 0.1) is 6.92 Å². The minimum atomic E-state index is -0.0458. The molecule has 122 valence electrons. The molecular weight excluding hydrogens is 296 g/mol. The SMILES string of the molecule is CO[C@@H]1C[C@@H](COc2cccnc2)N(C(=O)c2cn[nH]c2C)C1. The summed E-state index contributed by atoms with van der Waals surface area (Å²) in [6.45, 7) is 2.81. The smallest absolute Gasteiger partial charge is 0.257 e. The average Bonchev–Trinajstić information content (AvgIpc) is 3.19. The van der Waals surface area contributed by atoms with Crippen LogP contribution in [0.2, 0.25) is 0 Å². The predicted molar refractivity (Wildman–Crippen MR) is 83.3 cm³/mol. The van der Waals surface area contributed by atoms with Gasteiger partial charge in [0, 0.05) is 25.5 Å². The molecule has 3 heterocycles. The van der Waals surface area contributed by atoms with Crippen molar-refractivity contribution in [2.45, 2.75) is 25.5 Å². The van der Waals surface area contributed by atoms with E-state index in [0.717, 1.165) is 12.1 Å². The Hall–Kier alpha value is -2.41. The summed E-state index contributed by atoms with van der Waals surface area (Å²) in [6.07, 6.45) is 5.69. The van der Waals surface area contributed by atoms with Gasteiger partial charge in [0.05, 0.1) is 30.1 Å². The molecule has 23 heavy (non-hydrogen) atoms. The van der Waals surface area contributed by atoms with Gasteiger partial charge in [0.25, 0.3) is 5.91 Å². The number of amides is 1. The second-order valence-corrected chi connectivity index (χ2v) is 5.61. The van der Waals surface area contributed by atoms with Gasteiger partial charge < -0.3 is 14.4 Å². The lowest BCUT2D eigenvalue weighted by atomic mass is 10.2. The van der Waals surface area contributed by atoms with Crippen LogP contribution in [0.3, 0.4) is 0 Å². The van der Waals surface area contributed by atoms with Crippen LogP contribution >= 0.6 is 0 Å². The number of carbonyl (C=O) groups is 1. The van der Waals surface area contributed by atoms with E-state index in [1.165, 1.54) is 0 Å². The summed E-state index contributed by atoms with van der Waals surface area (Å²) >= 11 is 0. The van der Waals surface area contributed by atoms with E-state index in [1.807, 2.05) is 24.0 Å². The molecule has 1 N–H and O–H groups in total. The highest BCUT2D eigenvalue weighted by Crippen LogP contribution is 2.24. The lowest BCUT2D eigenvalue weighted by Gasteiger charge is -2.24. The standard InChI is InChI=1S/C16H20N4O3/c1-11-15(8-18-19-11)16(21)20-9-14(22-2)6-12(20)10-23-13-4-3-5-17-7-13/h3-5,7-8,12,14H,6,9-10H2,1-2H3,(H,18,19)/t12-,14+/m0/s1. The molecule has 0 radical (unpaired) electrons. The van der Waals surface area contributed by atoms with Crippen LogP contribution in [0.1, 0.15) is 22.5 Å². The minimum absolute atomic E-state index is 0.0219. The molecular formula is C16H20N4O3. The molecule has 2 aromatic rings. The fourth-order valence-corrected chi connectivity index (χ4v) is 2.80. The second-order valence-electron chi connectivity index (χ2n) is 5.61. The van der Waals surface area contributed by atoms with Crippen molar-refractivity contribution in [3.63, 3.8) is 0 Å². The highest BCUT2D eigenvalue weighted by Gasteiger charge is 2.37. The van der Waals surface area contributed by atoms with E-state index in [2.05, 4.69) is 15.2 Å². The molecule has 3 rings (SSSR count). The largest absolute Gasteiger partial charge is 0.490 e. The quantitative estimate of drug-likeness (QED) is 0.902. The Kier molecular flexibility index (Phi) is 4.57. The Morgan fingerprint density at radius 3 is 3.00 bits per heavy atom. The first kappa shape index (κ1) is 15.5. The molecule has 2 atom stereocenters. The monoisotopic (exact) mass is 316 g/mol. The number of H-pyrrole nitrogens is 1. The maximum Gasteiger partial charge on any atom is 0.257 e. The zero-order valence-electron chi connectivity index (χ0n) is 13.2. The van der Waals surface area contributed by atoms with Crippen LogP contribution < -0.4 is 4.74 Å². The van der Waals surface area contributed by atoms with E-state index >= 15 is 0 Å². The highest BCUT2D eigenvalue weighted by atomic mass is 16.5. The molecule has 0 spiro atoms. The third-order valence-corrected chi connectivity index (χ3v) is 4.11. The average molecular weight is 316 g/mol. The molecule has 0 aromatic carbocycles. The van der Waals surface area contributed by atoms with E-state index in [0.29, 0.717) is 24.5 Å². The van der Waals surface area contributed by atoms with Crippen molar-refractivity contribution in [2.24, 2.45) is 0 Å². The van der Waals surface area contributed by atoms with Crippen molar-refractivity contribution in [2.75, 3.05) is 20.3 Å². The second kappa shape index (κ2) is 6.78. The Morgan fingerprint density at radius 1 is 1.48 bits per heavy atom. The van der Waals surface area contributed by atoms with Gasteiger partial charge in [-0.05, 0) is 25.5 Å². The molecule has 7 nitrogen and oxygen atoms in total. The summed E-state index contributed by atoms with van der Waals surface area (Å²) in [6, 6.07) is 3.63. The number of hydrogen-bond donors (Lipinski definition) is 1. The van der Waals surface area contributed by atoms with E-state index in [9.17, 15) is 4.79 Å². The van der Waals surface area contributed by atoms with Crippen LogP contribution in [0.5, 0.6) is 5.75 Å². The van der Waals surface area contributed by atoms with Gasteiger partial charge in [-0.15, -0.1) is 0 Å². The third kappa shape index (κ3) is 3.34. The first-order valence-corrected chi connectivity index (χ1v) is 7.55. The van der Waals surface area contributed by atoms with Gasteiger partial charge in [0.15, 0.2) is 0 Å². The summed E-state index contributed by atoms with van der Waals surface area (Å²) in [5.41, 5.74) is 1.36. The van der Waals surface area contributed by atoms with Gasteiger partial charge in [-0.1, -0.05) is 0 Å². The maximum absolute atomic E-state index is 12.8. The number of hydrogen-bond acceptors (Lipinski definition) is 5. The van der Waals surface area contributed by atoms with Gasteiger partial charge in [0.1, 0.15) is 12.4 Å². The van der Waals surface area contributed by atoms with Crippen LogP contribution in [0.25, 0.3) is 0 Å². The number of likely N-dealkylation sites (tertiary alicyclic amines) is 1. The summed E-state index contributed by atoms with van der Waals surface area (Å²) < 4.78 is 11.2. The normalized spacial score (nSPS) is 20.7. The molecule has 7 heteroatoms. The van der Waals surface area contributed by atoms with Crippen molar-refractivity contribution in [3.05, 3.63) is 42.0 Å². The van der Waals surface area contributed by atoms with E-state index < -0.39 is 0 Å². The van der Waals surface area contributed by atoms with Gasteiger partial charge in [-0.3, -0.25) is 14.9 Å². The van der Waals surface area contributed by atoms with Crippen molar-refractivity contribution >= 4 is 5.91 Å². The Bertz CT molecular complexity index is 658. The molecule has 0 saturated carbocycles. The Morgan fingerprint density at radius 2 is 2.35 bits per heavy atom. The van der Waals surface area contributed by atoms with Crippen LogP contribution in [-0.4, -0.2) is 58.4 Å². The van der Waals surface area contributed by atoms with Gasteiger partial charge >= 0.3 is 0 Å². The van der Waals surface area contributed by atoms with Crippen molar-refractivity contribution < 1.29 is 14.3 Å². The van der Waals surface area contributed by atoms with Gasteiger partial charge in [-0.25, -0.2) is 0 Å². The van der Waals surface area contributed by atoms with Gasteiger partial charge in [-0.2, -0.15) is 5.10 Å². The van der Waals surface area contributed by atoms with Crippen LogP contribution in [-0.2, 0) is 4.74 Å². The number of aromatic amines is 1. The molecule has 1 saturated heterocycles. The molecule has 2 aromatic heterocycles. The number of methoxy groups -OCH3 is 1. The number of aromatic nitrogens is 3. The number of nitrogens with zero attached hydrogens (tertiary/aromatic N) is 3. The number of carbonyl (C=O) groups excluding carboxylic acids is 1. The Labute approximate surface area is 134 Å². The van der Waals surface area contributed by atoms with E-state index in [-0.39, 0.29) is 18.1 Å². The molecule has 0 unspecified atom stereocenters. The lowest BCUT2D eigenvalue weighted by Crippen LogP contribution is -2.39.